The molecule has 72 valence electrons. The molecule has 0 aliphatic heterocycles. The highest BCUT2D eigenvalue weighted by Crippen LogP contribution is 2.33. The van der Waals surface area contributed by atoms with Crippen molar-refractivity contribution in [3.8, 4) is 0 Å². The molecule has 0 N–H and O–H groups in total. The van der Waals surface area contributed by atoms with E-state index >= 15 is 0 Å². The van der Waals surface area contributed by atoms with Crippen LogP contribution in [-0.2, 0) is 0 Å². The Morgan fingerprint density at radius 3 is 1.83 bits per heavy atom. The van der Waals surface area contributed by atoms with Gasteiger partial charge in [0.2, 0.25) is 3.79 Å². The zero-order valence-electron chi connectivity index (χ0n) is 5.43. The van der Waals surface area contributed by atoms with Crippen molar-refractivity contribution in [1.82, 2.24) is 0 Å². The lowest BCUT2D eigenvalue weighted by Gasteiger charge is -2.07. The van der Waals surface area contributed by atoms with Gasteiger partial charge in [-0.1, -0.05) is 46.4 Å². The lowest BCUT2D eigenvalue weighted by molar-refractivity contribution is -0.125. The van der Waals surface area contributed by atoms with Crippen LogP contribution in [0.2, 0.25) is 0 Å². The van der Waals surface area contributed by atoms with E-state index in [4.69, 9.17) is 46.4 Å². The maximum absolute atomic E-state index is 11.6. The fourth-order valence-electron chi connectivity index (χ4n) is 0.420. The zero-order chi connectivity index (χ0) is 9.99. The Kier molecular flexibility index (Phi) is 4.51. The Morgan fingerprint density at radius 2 is 1.58 bits per heavy atom. The van der Waals surface area contributed by atoms with Crippen LogP contribution in [0.1, 0.15) is 6.42 Å². The number of allylic oxidation sites excluding steroid dienone is 2. The summed E-state index contributed by atoms with van der Waals surface area (Å²) in [5, 5.41) is -0.539. The van der Waals surface area contributed by atoms with Crippen LogP contribution in [0.5, 0.6) is 0 Å². The summed E-state index contributed by atoms with van der Waals surface area (Å²) in [5.74, 6) is 0. The van der Waals surface area contributed by atoms with Gasteiger partial charge in [0.15, 0.2) is 0 Å². The van der Waals surface area contributed by atoms with Crippen LogP contribution < -0.4 is 0 Å². The third-order valence-electron chi connectivity index (χ3n) is 0.690. The van der Waals surface area contributed by atoms with Gasteiger partial charge < -0.3 is 0 Å². The van der Waals surface area contributed by atoms with Crippen LogP contribution in [0.3, 0.4) is 0 Å². The van der Waals surface area contributed by atoms with Gasteiger partial charge in [-0.2, -0.15) is 13.2 Å². The quantitative estimate of drug-likeness (QED) is 0.613. The summed E-state index contributed by atoms with van der Waals surface area (Å²) in [6.45, 7) is 0. The highest BCUT2D eigenvalue weighted by Gasteiger charge is 2.29. The highest BCUT2D eigenvalue weighted by molar-refractivity contribution is 6.69. The van der Waals surface area contributed by atoms with Crippen molar-refractivity contribution in [2.75, 3.05) is 0 Å². The van der Waals surface area contributed by atoms with Crippen molar-refractivity contribution in [3.05, 3.63) is 11.1 Å². The van der Waals surface area contributed by atoms with E-state index in [-0.39, 0.29) is 0 Å². The Labute approximate surface area is 87.2 Å². The zero-order valence-corrected chi connectivity index (χ0v) is 8.45. The van der Waals surface area contributed by atoms with Gasteiger partial charge in [0.05, 0.1) is 6.42 Å². The standard InChI is InChI=1S/C5H3Cl4F3/c6-3(1-4(7,8)9)2-5(10,11)12/h1H,2H2. The van der Waals surface area contributed by atoms with Crippen LogP contribution in [0, 0.1) is 0 Å². The Hall–Kier alpha value is 0.690. The first-order chi connectivity index (χ1) is 5.10. The van der Waals surface area contributed by atoms with Gasteiger partial charge in [0, 0.05) is 5.03 Å². The maximum atomic E-state index is 11.6. The molecule has 0 aromatic heterocycles. The molecule has 0 radical (unpaired) electrons. The van der Waals surface area contributed by atoms with Gasteiger partial charge in [0.1, 0.15) is 0 Å². The van der Waals surface area contributed by atoms with Gasteiger partial charge in [-0.25, -0.2) is 0 Å². The molecule has 0 aromatic rings. The maximum Gasteiger partial charge on any atom is 0.393 e. The number of alkyl halides is 6. The average Bonchev–Trinajstić information content (AvgIpc) is 1.49. The summed E-state index contributed by atoms with van der Waals surface area (Å²) in [4.78, 5) is 0. The summed E-state index contributed by atoms with van der Waals surface area (Å²) < 4.78 is 33.0. The van der Waals surface area contributed by atoms with Gasteiger partial charge >= 0.3 is 6.18 Å². The van der Waals surface area contributed by atoms with E-state index in [1.54, 1.807) is 0 Å². The molecular formula is C5H3Cl4F3. The molecule has 12 heavy (non-hydrogen) atoms. The molecule has 0 aromatic carbocycles. The molecule has 0 bridgehead atoms. The molecule has 0 aliphatic carbocycles. The number of rotatable bonds is 1. The second-order valence-electron chi connectivity index (χ2n) is 1.92. The summed E-state index contributed by atoms with van der Waals surface area (Å²) in [6, 6.07) is 0. The normalized spacial score (nSPS) is 15.1. The molecule has 0 saturated carbocycles. The molecule has 0 aliphatic rings. The topological polar surface area (TPSA) is 0 Å². The predicted octanol–water partition coefficient (Wildman–Crippen LogP) is 4.43. The van der Waals surface area contributed by atoms with E-state index < -0.39 is 21.4 Å². The SMILES string of the molecule is FC(F)(F)CC(Cl)=CC(Cl)(Cl)Cl. The molecule has 0 saturated heterocycles. The van der Waals surface area contributed by atoms with Crippen LogP contribution in [0.25, 0.3) is 0 Å². The minimum Gasteiger partial charge on any atom is -0.171 e. The molecule has 7 heteroatoms. The summed E-state index contributed by atoms with van der Waals surface area (Å²) in [7, 11) is 0. The fraction of sp³-hybridized carbons (Fsp3) is 0.600. The van der Waals surface area contributed by atoms with E-state index in [2.05, 4.69) is 0 Å². The first kappa shape index (κ1) is 12.7. The number of hydrogen-bond acceptors (Lipinski definition) is 0. The van der Waals surface area contributed by atoms with Crippen molar-refractivity contribution in [1.29, 1.82) is 0 Å². The van der Waals surface area contributed by atoms with Gasteiger partial charge in [-0.3, -0.25) is 0 Å². The van der Waals surface area contributed by atoms with Gasteiger partial charge in [-0.15, -0.1) is 0 Å². The lowest BCUT2D eigenvalue weighted by Crippen LogP contribution is -2.08. The average molecular weight is 262 g/mol. The first-order valence-corrected chi connectivity index (χ1v) is 4.12. The minimum atomic E-state index is -4.39. The van der Waals surface area contributed by atoms with E-state index in [1.165, 1.54) is 0 Å². The van der Waals surface area contributed by atoms with Crippen molar-refractivity contribution < 1.29 is 13.2 Å². The van der Waals surface area contributed by atoms with Gasteiger partial charge in [0.25, 0.3) is 0 Å². The predicted molar refractivity (Wildman–Crippen MR) is 44.9 cm³/mol. The van der Waals surface area contributed by atoms with Crippen molar-refractivity contribution in [2.45, 2.75) is 16.4 Å². The highest BCUT2D eigenvalue weighted by atomic mass is 35.6. The Morgan fingerprint density at radius 1 is 1.17 bits per heavy atom. The Bertz CT molecular complexity index is 178. The third-order valence-corrected chi connectivity index (χ3v) is 1.26. The Balaban J connectivity index is 4.23. The van der Waals surface area contributed by atoms with Crippen LogP contribution in [0.15, 0.2) is 11.1 Å². The second kappa shape index (κ2) is 4.27. The van der Waals surface area contributed by atoms with Crippen molar-refractivity contribution in [2.24, 2.45) is 0 Å². The van der Waals surface area contributed by atoms with Gasteiger partial charge in [-0.05, 0) is 6.08 Å². The number of hydrogen-bond donors (Lipinski definition) is 0. The fourth-order valence-corrected chi connectivity index (χ4v) is 1.30. The van der Waals surface area contributed by atoms with Crippen LogP contribution in [0.4, 0.5) is 13.2 Å². The minimum absolute atomic E-state index is 0.539. The van der Waals surface area contributed by atoms with Crippen LogP contribution >= 0.6 is 46.4 Å². The summed E-state index contributed by atoms with van der Waals surface area (Å²) in [5.41, 5.74) is 0. The van der Waals surface area contributed by atoms with E-state index in [0.717, 1.165) is 0 Å². The third kappa shape index (κ3) is 8.78. The summed E-state index contributed by atoms with van der Waals surface area (Å²) >= 11 is 20.6. The van der Waals surface area contributed by atoms with E-state index in [1.807, 2.05) is 0 Å². The summed E-state index contributed by atoms with van der Waals surface area (Å²) in [6.07, 6.45) is -4.96. The number of halogens is 7. The van der Waals surface area contributed by atoms with Crippen LogP contribution in [-0.4, -0.2) is 9.97 Å². The van der Waals surface area contributed by atoms with Crippen molar-refractivity contribution in [3.63, 3.8) is 0 Å². The monoisotopic (exact) mass is 260 g/mol. The molecule has 0 unspecified atom stereocenters. The van der Waals surface area contributed by atoms with E-state index in [9.17, 15) is 13.2 Å². The largest absolute Gasteiger partial charge is 0.393 e. The smallest absolute Gasteiger partial charge is 0.171 e. The molecule has 0 nitrogen and oxygen atoms in total. The van der Waals surface area contributed by atoms with E-state index in [0.29, 0.717) is 6.08 Å². The molecule has 0 spiro atoms. The molecule has 0 heterocycles. The van der Waals surface area contributed by atoms with Crippen molar-refractivity contribution >= 4 is 46.4 Å². The second-order valence-corrected chi connectivity index (χ2v) is 4.78. The molecule has 0 rings (SSSR count). The molecular weight excluding hydrogens is 259 g/mol. The molecule has 0 amide bonds. The molecule has 0 fully saturated rings. The lowest BCUT2D eigenvalue weighted by atomic mass is 10.4. The molecule has 0 atom stereocenters. The first-order valence-electron chi connectivity index (χ1n) is 2.61.